The molecule has 0 saturated heterocycles. The molecular weight excluding hydrogens is 382 g/mol. The van der Waals surface area contributed by atoms with Crippen LogP contribution in [0.5, 0.6) is 5.75 Å². The topological polar surface area (TPSA) is 56.2 Å². The second-order valence-corrected chi connectivity index (χ2v) is 8.29. The Morgan fingerprint density at radius 2 is 2.00 bits per heavy atom. The second-order valence-electron chi connectivity index (χ2n) is 7.43. The van der Waals surface area contributed by atoms with Gasteiger partial charge in [0, 0.05) is 29.2 Å². The van der Waals surface area contributed by atoms with Gasteiger partial charge >= 0.3 is 0 Å². The Bertz CT molecular complexity index is 971. The highest BCUT2D eigenvalue weighted by atomic mass is 32.1. The molecule has 6 heteroatoms. The van der Waals surface area contributed by atoms with E-state index in [0.29, 0.717) is 0 Å². The lowest BCUT2D eigenvalue weighted by molar-refractivity contribution is 0.0942. The van der Waals surface area contributed by atoms with Crippen LogP contribution in [0.2, 0.25) is 0 Å². The Hall–Kier alpha value is -2.60. The fourth-order valence-electron chi connectivity index (χ4n) is 3.29. The highest BCUT2D eigenvalue weighted by Crippen LogP contribution is 2.32. The molecule has 0 radical (unpaired) electrons. The number of carbonyl (C=O) groups is 1. The molecule has 3 aromatic rings. The SMILES string of the molecule is CCCCn1c(-c2csc(-c3ccc(OC)cc3)n2)cc(C(=O)NC(C)C)c1C. The lowest BCUT2D eigenvalue weighted by atomic mass is 10.2. The first-order valence-corrected chi connectivity index (χ1v) is 10.9. The normalized spacial score (nSPS) is 11.1. The minimum Gasteiger partial charge on any atom is -0.497 e. The second kappa shape index (κ2) is 9.27. The monoisotopic (exact) mass is 411 g/mol. The van der Waals surface area contributed by atoms with E-state index in [2.05, 4.69) is 22.2 Å². The van der Waals surface area contributed by atoms with Crippen LogP contribution in [0.25, 0.3) is 22.0 Å². The molecular formula is C23H29N3O2S. The van der Waals surface area contributed by atoms with Gasteiger partial charge in [0.05, 0.1) is 24.1 Å². The molecule has 0 saturated carbocycles. The Morgan fingerprint density at radius 3 is 2.62 bits per heavy atom. The number of aromatic nitrogens is 2. The zero-order valence-corrected chi connectivity index (χ0v) is 18.6. The molecule has 0 aliphatic rings. The first-order valence-electron chi connectivity index (χ1n) is 10.1. The van der Waals surface area contributed by atoms with Gasteiger partial charge in [-0.3, -0.25) is 4.79 Å². The molecule has 0 spiro atoms. The number of amides is 1. The van der Waals surface area contributed by atoms with Crippen molar-refractivity contribution in [3.8, 4) is 27.7 Å². The molecule has 2 aromatic heterocycles. The van der Waals surface area contributed by atoms with Gasteiger partial charge in [0.1, 0.15) is 10.8 Å². The molecule has 0 aliphatic heterocycles. The number of methoxy groups -OCH3 is 1. The summed E-state index contributed by atoms with van der Waals surface area (Å²) in [7, 11) is 1.66. The number of benzene rings is 1. The molecule has 0 fully saturated rings. The molecule has 1 amide bonds. The van der Waals surface area contributed by atoms with Crippen LogP contribution in [0.3, 0.4) is 0 Å². The smallest absolute Gasteiger partial charge is 0.253 e. The third-order valence-corrected chi connectivity index (χ3v) is 5.76. The zero-order valence-electron chi connectivity index (χ0n) is 17.8. The van der Waals surface area contributed by atoms with Gasteiger partial charge in [-0.2, -0.15) is 0 Å². The predicted molar refractivity (Wildman–Crippen MR) is 120 cm³/mol. The van der Waals surface area contributed by atoms with Gasteiger partial charge in [-0.05, 0) is 57.5 Å². The van der Waals surface area contributed by atoms with Crippen LogP contribution in [-0.4, -0.2) is 28.6 Å². The number of hydrogen-bond acceptors (Lipinski definition) is 4. The number of ether oxygens (including phenoxy) is 1. The molecule has 0 bridgehead atoms. The summed E-state index contributed by atoms with van der Waals surface area (Å²) in [6.07, 6.45) is 2.15. The summed E-state index contributed by atoms with van der Waals surface area (Å²) in [6, 6.07) is 10.0. The quantitative estimate of drug-likeness (QED) is 0.530. The Kier molecular flexibility index (Phi) is 6.75. The van der Waals surface area contributed by atoms with Crippen molar-refractivity contribution < 1.29 is 9.53 Å². The molecule has 3 rings (SSSR count). The van der Waals surface area contributed by atoms with Crippen molar-refractivity contribution in [1.29, 1.82) is 0 Å². The molecule has 5 nitrogen and oxygen atoms in total. The first kappa shape index (κ1) is 21.1. The van der Waals surface area contributed by atoms with Crippen molar-refractivity contribution in [2.45, 2.75) is 53.1 Å². The summed E-state index contributed by atoms with van der Waals surface area (Å²) in [4.78, 5) is 17.6. The van der Waals surface area contributed by atoms with Crippen molar-refractivity contribution >= 4 is 17.2 Å². The van der Waals surface area contributed by atoms with E-state index in [9.17, 15) is 4.79 Å². The van der Waals surface area contributed by atoms with E-state index in [4.69, 9.17) is 9.72 Å². The Balaban J connectivity index is 1.98. The van der Waals surface area contributed by atoms with E-state index in [1.165, 1.54) is 0 Å². The maximum Gasteiger partial charge on any atom is 0.253 e. The fourth-order valence-corrected chi connectivity index (χ4v) is 4.11. The Morgan fingerprint density at radius 1 is 1.28 bits per heavy atom. The average Bonchev–Trinajstić information content (AvgIpc) is 3.31. The third kappa shape index (κ3) is 4.70. The number of hydrogen-bond donors (Lipinski definition) is 1. The number of carbonyl (C=O) groups excluding carboxylic acids is 1. The van der Waals surface area contributed by atoms with Crippen LogP contribution in [0.1, 0.15) is 49.7 Å². The van der Waals surface area contributed by atoms with Crippen LogP contribution in [0.15, 0.2) is 35.7 Å². The molecule has 0 atom stereocenters. The van der Waals surface area contributed by atoms with E-state index < -0.39 is 0 Å². The number of thiazole rings is 1. The molecule has 2 heterocycles. The number of nitrogens with zero attached hydrogens (tertiary/aromatic N) is 2. The summed E-state index contributed by atoms with van der Waals surface area (Å²) in [5.74, 6) is 0.801. The van der Waals surface area contributed by atoms with Crippen LogP contribution >= 0.6 is 11.3 Å². The molecule has 1 N–H and O–H groups in total. The summed E-state index contributed by atoms with van der Waals surface area (Å²) in [6.45, 7) is 9.02. The summed E-state index contributed by atoms with van der Waals surface area (Å²) < 4.78 is 7.47. The first-order chi connectivity index (χ1) is 13.9. The van der Waals surface area contributed by atoms with Gasteiger partial charge in [0.25, 0.3) is 5.91 Å². The van der Waals surface area contributed by atoms with Crippen molar-refractivity contribution in [1.82, 2.24) is 14.9 Å². The number of nitrogens with one attached hydrogen (secondary N) is 1. The largest absolute Gasteiger partial charge is 0.497 e. The third-order valence-electron chi connectivity index (χ3n) is 4.87. The van der Waals surface area contributed by atoms with Crippen LogP contribution < -0.4 is 10.1 Å². The zero-order chi connectivity index (χ0) is 21.0. The molecule has 0 aliphatic carbocycles. The highest BCUT2D eigenvalue weighted by molar-refractivity contribution is 7.13. The summed E-state index contributed by atoms with van der Waals surface area (Å²) in [5.41, 5.74) is 4.68. The van der Waals surface area contributed by atoms with E-state index >= 15 is 0 Å². The van der Waals surface area contributed by atoms with Gasteiger partial charge in [0.15, 0.2) is 0 Å². The van der Waals surface area contributed by atoms with E-state index in [1.807, 2.05) is 51.1 Å². The van der Waals surface area contributed by atoms with Crippen molar-refractivity contribution in [3.05, 3.63) is 47.0 Å². The lowest BCUT2D eigenvalue weighted by Gasteiger charge is -2.11. The number of rotatable bonds is 8. The van der Waals surface area contributed by atoms with Gasteiger partial charge in [-0.15, -0.1) is 11.3 Å². The molecule has 154 valence electrons. The van der Waals surface area contributed by atoms with E-state index in [-0.39, 0.29) is 11.9 Å². The fraction of sp³-hybridized carbons (Fsp3) is 0.391. The van der Waals surface area contributed by atoms with Crippen molar-refractivity contribution in [3.63, 3.8) is 0 Å². The van der Waals surface area contributed by atoms with Gasteiger partial charge in [0.2, 0.25) is 0 Å². The van der Waals surface area contributed by atoms with Crippen molar-refractivity contribution in [2.24, 2.45) is 0 Å². The standard InChI is InChI=1S/C23H29N3O2S/c1-6-7-12-26-16(4)19(22(27)24-15(2)3)13-21(26)20-14-29-23(25-20)17-8-10-18(28-5)11-9-17/h8-11,13-15H,6-7,12H2,1-5H3,(H,24,27). The van der Waals surface area contributed by atoms with Gasteiger partial charge in [-0.1, -0.05) is 13.3 Å². The summed E-state index contributed by atoms with van der Waals surface area (Å²) >= 11 is 1.61. The van der Waals surface area contributed by atoms with Gasteiger partial charge < -0.3 is 14.6 Å². The predicted octanol–water partition coefficient (Wildman–Crippen LogP) is 5.53. The maximum absolute atomic E-state index is 12.7. The van der Waals surface area contributed by atoms with E-state index in [0.717, 1.165) is 58.4 Å². The van der Waals surface area contributed by atoms with Crippen LogP contribution in [0.4, 0.5) is 0 Å². The maximum atomic E-state index is 12.7. The van der Waals surface area contributed by atoms with Crippen LogP contribution in [-0.2, 0) is 6.54 Å². The van der Waals surface area contributed by atoms with E-state index in [1.54, 1.807) is 18.4 Å². The minimum atomic E-state index is -0.0281. The minimum absolute atomic E-state index is 0.0281. The Labute approximate surface area is 176 Å². The lowest BCUT2D eigenvalue weighted by Crippen LogP contribution is -2.30. The average molecular weight is 412 g/mol. The molecule has 29 heavy (non-hydrogen) atoms. The molecule has 1 aromatic carbocycles. The van der Waals surface area contributed by atoms with Gasteiger partial charge in [-0.25, -0.2) is 4.98 Å². The van der Waals surface area contributed by atoms with Crippen molar-refractivity contribution in [2.75, 3.05) is 7.11 Å². The molecule has 0 unspecified atom stereocenters. The summed E-state index contributed by atoms with van der Waals surface area (Å²) in [5, 5.41) is 6.03. The number of unbranched alkanes of at least 4 members (excludes halogenated alkanes) is 1. The highest BCUT2D eigenvalue weighted by Gasteiger charge is 2.20. The van der Waals surface area contributed by atoms with Crippen LogP contribution in [0, 0.1) is 6.92 Å².